The zero-order valence-electron chi connectivity index (χ0n) is 12.6. The number of aromatic nitrogens is 2. The quantitative estimate of drug-likeness (QED) is 0.870. The van der Waals surface area contributed by atoms with Crippen LogP contribution in [0.15, 0.2) is 4.52 Å². The number of hydrogen-bond donors (Lipinski definition) is 1. The smallest absolute Gasteiger partial charge is 0.240 e. The summed E-state index contributed by atoms with van der Waals surface area (Å²) in [6.07, 6.45) is 2.35. The van der Waals surface area contributed by atoms with Crippen LogP contribution in [-0.2, 0) is 6.54 Å². The average molecular weight is 299 g/mol. The van der Waals surface area contributed by atoms with Gasteiger partial charge in [0.15, 0.2) is 5.82 Å². The molecule has 0 spiro atoms. The maximum atomic E-state index is 9.56. The first-order valence-electron chi connectivity index (χ1n) is 7.44. The van der Waals surface area contributed by atoms with Gasteiger partial charge in [-0.3, -0.25) is 4.90 Å². The highest BCUT2D eigenvalue weighted by Gasteiger charge is 2.29. The van der Waals surface area contributed by atoms with Gasteiger partial charge in [0.05, 0.1) is 18.4 Å². The lowest BCUT2D eigenvalue weighted by atomic mass is 9.91. The Morgan fingerprint density at radius 3 is 3.05 bits per heavy atom. The number of rotatable bonds is 6. The second-order valence-electron chi connectivity index (χ2n) is 5.48. The third-order valence-corrected chi connectivity index (χ3v) is 5.06. The Bertz CT molecular complexity index is 413. The Balaban J connectivity index is 1.98. The summed E-state index contributed by atoms with van der Waals surface area (Å²) in [5, 5.41) is 13.9. The first-order chi connectivity index (χ1) is 9.65. The number of nitrogens with zero attached hydrogens (tertiary/aromatic N) is 3. The molecule has 1 saturated heterocycles. The Morgan fingerprint density at radius 2 is 2.35 bits per heavy atom. The second-order valence-corrected chi connectivity index (χ2v) is 7.10. The highest BCUT2D eigenvalue weighted by molar-refractivity contribution is 7.99. The molecule has 1 fully saturated rings. The summed E-state index contributed by atoms with van der Waals surface area (Å²) < 4.78 is 5.37. The third kappa shape index (κ3) is 3.74. The van der Waals surface area contributed by atoms with Crippen LogP contribution in [0.25, 0.3) is 0 Å². The molecule has 114 valence electrons. The van der Waals surface area contributed by atoms with Crippen molar-refractivity contribution in [2.24, 2.45) is 5.92 Å². The molecule has 2 rings (SSSR count). The van der Waals surface area contributed by atoms with E-state index in [1.165, 1.54) is 12.8 Å². The van der Waals surface area contributed by atoms with E-state index in [1.54, 1.807) is 0 Å². The van der Waals surface area contributed by atoms with Crippen molar-refractivity contribution in [2.45, 2.75) is 51.4 Å². The molecule has 0 amide bonds. The van der Waals surface area contributed by atoms with Crippen molar-refractivity contribution < 1.29 is 9.63 Å². The van der Waals surface area contributed by atoms with Crippen LogP contribution in [0, 0.1) is 5.92 Å². The predicted octanol–water partition coefficient (Wildman–Crippen LogP) is 2.48. The van der Waals surface area contributed by atoms with E-state index in [-0.39, 0.29) is 17.9 Å². The molecular formula is C14H25N3O2S. The van der Waals surface area contributed by atoms with Crippen molar-refractivity contribution in [2.75, 3.05) is 18.9 Å². The van der Waals surface area contributed by atoms with Gasteiger partial charge in [-0.2, -0.15) is 16.7 Å². The number of hydrogen-bond acceptors (Lipinski definition) is 6. The first-order valence-corrected chi connectivity index (χ1v) is 8.49. The van der Waals surface area contributed by atoms with Crippen molar-refractivity contribution in [1.82, 2.24) is 15.0 Å². The summed E-state index contributed by atoms with van der Waals surface area (Å²) in [5.41, 5.74) is 0. The van der Waals surface area contributed by atoms with Crippen LogP contribution in [0.5, 0.6) is 0 Å². The highest BCUT2D eigenvalue weighted by Crippen LogP contribution is 2.27. The standard InChI is InChI=1S/C14H25N3O2S/c1-4-20-11(3)14-15-13(19-16-14)8-17-7-5-6-10(2)12(17)9-18/h10-12,18H,4-9H2,1-3H3. The van der Waals surface area contributed by atoms with Gasteiger partial charge in [-0.05, 0) is 38.0 Å². The van der Waals surface area contributed by atoms with E-state index in [1.807, 2.05) is 11.8 Å². The fourth-order valence-corrected chi connectivity index (χ4v) is 3.57. The summed E-state index contributed by atoms with van der Waals surface area (Å²) in [6, 6.07) is 0.210. The molecule has 5 nitrogen and oxygen atoms in total. The van der Waals surface area contributed by atoms with Crippen LogP contribution >= 0.6 is 11.8 Å². The van der Waals surface area contributed by atoms with Crippen LogP contribution < -0.4 is 0 Å². The van der Waals surface area contributed by atoms with Gasteiger partial charge in [-0.1, -0.05) is 19.0 Å². The van der Waals surface area contributed by atoms with Gasteiger partial charge in [0.2, 0.25) is 5.89 Å². The minimum atomic E-state index is 0.199. The number of aliphatic hydroxyl groups is 1. The monoisotopic (exact) mass is 299 g/mol. The Kier molecular flexibility index (Phi) is 5.86. The SMILES string of the molecule is CCSC(C)c1noc(CN2CCCC(C)C2CO)n1. The van der Waals surface area contributed by atoms with Crippen molar-refractivity contribution in [3.05, 3.63) is 11.7 Å². The lowest BCUT2D eigenvalue weighted by Crippen LogP contribution is -2.46. The number of likely N-dealkylation sites (tertiary alicyclic amines) is 1. The molecule has 1 aliphatic heterocycles. The van der Waals surface area contributed by atoms with E-state index in [0.29, 0.717) is 18.4 Å². The lowest BCUT2D eigenvalue weighted by Gasteiger charge is -2.38. The molecule has 0 radical (unpaired) electrons. The van der Waals surface area contributed by atoms with E-state index in [0.717, 1.165) is 18.1 Å². The van der Waals surface area contributed by atoms with Gasteiger partial charge >= 0.3 is 0 Å². The fourth-order valence-electron chi connectivity index (χ4n) is 2.82. The molecule has 0 bridgehead atoms. The lowest BCUT2D eigenvalue weighted by molar-refractivity contribution is 0.0400. The topological polar surface area (TPSA) is 62.4 Å². The Labute approximate surface area is 125 Å². The minimum absolute atomic E-state index is 0.199. The molecule has 0 aliphatic carbocycles. The molecular weight excluding hydrogens is 274 g/mol. The first kappa shape index (κ1) is 15.8. The average Bonchev–Trinajstić information content (AvgIpc) is 2.88. The van der Waals surface area contributed by atoms with E-state index in [4.69, 9.17) is 4.52 Å². The molecule has 1 aromatic rings. The summed E-state index contributed by atoms with van der Waals surface area (Å²) in [5.74, 6) is 3.00. The van der Waals surface area contributed by atoms with Gasteiger partial charge in [-0.15, -0.1) is 0 Å². The molecule has 0 saturated carbocycles. The Hall–Kier alpha value is -0.590. The van der Waals surface area contributed by atoms with Gasteiger partial charge in [-0.25, -0.2) is 0 Å². The van der Waals surface area contributed by atoms with E-state index in [2.05, 4.69) is 35.8 Å². The molecule has 0 aromatic carbocycles. The second kappa shape index (κ2) is 7.43. The summed E-state index contributed by atoms with van der Waals surface area (Å²) >= 11 is 1.81. The van der Waals surface area contributed by atoms with Gasteiger partial charge < -0.3 is 9.63 Å². The van der Waals surface area contributed by atoms with Crippen LogP contribution in [0.3, 0.4) is 0 Å². The number of piperidine rings is 1. The van der Waals surface area contributed by atoms with Crippen molar-refractivity contribution in [3.63, 3.8) is 0 Å². The molecule has 1 aliphatic rings. The minimum Gasteiger partial charge on any atom is -0.395 e. The third-order valence-electron chi connectivity index (χ3n) is 4.02. The van der Waals surface area contributed by atoms with Crippen molar-refractivity contribution in [1.29, 1.82) is 0 Å². The van der Waals surface area contributed by atoms with E-state index in [9.17, 15) is 5.11 Å². The van der Waals surface area contributed by atoms with Crippen molar-refractivity contribution in [3.8, 4) is 0 Å². The van der Waals surface area contributed by atoms with E-state index >= 15 is 0 Å². The molecule has 1 aromatic heterocycles. The van der Waals surface area contributed by atoms with Crippen LogP contribution in [0.1, 0.15) is 50.6 Å². The van der Waals surface area contributed by atoms with Crippen LogP contribution in [0.2, 0.25) is 0 Å². The molecule has 6 heteroatoms. The number of thioether (sulfide) groups is 1. The predicted molar refractivity (Wildman–Crippen MR) is 80.5 cm³/mol. The molecule has 3 atom stereocenters. The zero-order chi connectivity index (χ0) is 14.5. The maximum Gasteiger partial charge on any atom is 0.240 e. The number of aliphatic hydroxyl groups excluding tert-OH is 1. The zero-order valence-corrected chi connectivity index (χ0v) is 13.4. The molecule has 1 N–H and O–H groups in total. The van der Waals surface area contributed by atoms with E-state index < -0.39 is 0 Å². The van der Waals surface area contributed by atoms with Crippen LogP contribution in [-0.4, -0.2) is 45.1 Å². The van der Waals surface area contributed by atoms with Crippen LogP contribution in [0.4, 0.5) is 0 Å². The van der Waals surface area contributed by atoms with Gasteiger partial charge in [0.25, 0.3) is 0 Å². The van der Waals surface area contributed by atoms with Crippen molar-refractivity contribution >= 4 is 11.8 Å². The van der Waals surface area contributed by atoms with Gasteiger partial charge in [0.1, 0.15) is 0 Å². The fraction of sp³-hybridized carbons (Fsp3) is 0.857. The molecule has 3 unspecified atom stereocenters. The molecule has 2 heterocycles. The molecule has 20 heavy (non-hydrogen) atoms. The summed E-state index contributed by atoms with van der Waals surface area (Å²) in [7, 11) is 0. The normalized spacial score (nSPS) is 25.8. The van der Waals surface area contributed by atoms with Gasteiger partial charge in [0, 0.05) is 6.04 Å². The maximum absolute atomic E-state index is 9.56. The highest BCUT2D eigenvalue weighted by atomic mass is 32.2. The summed E-state index contributed by atoms with van der Waals surface area (Å²) in [4.78, 5) is 6.76. The Morgan fingerprint density at radius 1 is 1.55 bits per heavy atom. The summed E-state index contributed by atoms with van der Waals surface area (Å²) in [6.45, 7) is 8.26. The largest absolute Gasteiger partial charge is 0.395 e.